The summed E-state index contributed by atoms with van der Waals surface area (Å²) in [5.74, 6) is 1.50. The Bertz CT molecular complexity index is 475. The number of hydrogen-bond donors (Lipinski definition) is 1. The van der Waals surface area contributed by atoms with Crippen molar-refractivity contribution in [2.45, 2.75) is 32.2 Å². The lowest BCUT2D eigenvalue weighted by Gasteiger charge is -2.23. The molecule has 0 aliphatic rings. The summed E-state index contributed by atoms with van der Waals surface area (Å²) in [5.41, 5.74) is 6.95. The third-order valence-corrected chi connectivity index (χ3v) is 3.92. The standard InChI is InChI=1S/C16H25NO4/c1-10(8-13(17)16(18)21-5)11(2)12-6-7-14(19-3)15(9-12)20-4/h6-7,9-11,13H,8,17H2,1-5H3. The predicted molar refractivity (Wildman–Crippen MR) is 81.7 cm³/mol. The predicted octanol–water partition coefficient (Wildman–Crippen LogP) is 2.33. The molecule has 1 rings (SSSR count). The molecule has 5 heteroatoms. The number of carbonyl (C=O) groups is 1. The smallest absolute Gasteiger partial charge is 0.322 e. The van der Waals surface area contributed by atoms with Gasteiger partial charge in [-0.05, 0) is 36.0 Å². The molecule has 0 saturated carbocycles. The van der Waals surface area contributed by atoms with Crippen LogP contribution in [0.2, 0.25) is 0 Å². The van der Waals surface area contributed by atoms with Gasteiger partial charge in [0.1, 0.15) is 6.04 Å². The lowest BCUT2D eigenvalue weighted by Crippen LogP contribution is -2.34. The van der Waals surface area contributed by atoms with Crippen LogP contribution in [0.4, 0.5) is 0 Å². The van der Waals surface area contributed by atoms with Crippen molar-refractivity contribution in [3.8, 4) is 11.5 Å². The van der Waals surface area contributed by atoms with Crippen LogP contribution in [0.25, 0.3) is 0 Å². The van der Waals surface area contributed by atoms with Gasteiger partial charge in [0.15, 0.2) is 11.5 Å². The summed E-state index contributed by atoms with van der Waals surface area (Å²) in [6.45, 7) is 4.18. The summed E-state index contributed by atoms with van der Waals surface area (Å²) in [5, 5.41) is 0. The molecule has 21 heavy (non-hydrogen) atoms. The Morgan fingerprint density at radius 2 is 1.76 bits per heavy atom. The highest BCUT2D eigenvalue weighted by Crippen LogP contribution is 2.34. The first-order valence-corrected chi connectivity index (χ1v) is 6.99. The Hall–Kier alpha value is -1.75. The van der Waals surface area contributed by atoms with Crippen molar-refractivity contribution < 1.29 is 19.0 Å². The zero-order valence-electron chi connectivity index (χ0n) is 13.4. The Kier molecular flexibility index (Phi) is 6.49. The summed E-state index contributed by atoms with van der Waals surface area (Å²) in [4.78, 5) is 11.4. The quantitative estimate of drug-likeness (QED) is 0.782. The van der Waals surface area contributed by atoms with Gasteiger partial charge in [-0.1, -0.05) is 19.9 Å². The minimum atomic E-state index is -0.590. The second-order valence-corrected chi connectivity index (χ2v) is 5.25. The van der Waals surface area contributed by atoms with Crippen molar-refractivity contribution in [2.24, 2.45) is 11.7 Å². The van der Waals surface area contributed by atoms with Crippen LogP contribution >= 0.6 is 0 Å². The zero-order valence-corrected chi connectivity index (χ0v) is 13.4. The van der Waals surface area contributed by atoms with Crippen LogP contribution in [0, 0.1) is 5.92 Å². The average molecular weight is 295 g/mol. The molecule has 0 aliphatic heterocycles. The molecule has 0 radical (unpaired) electrons. The van der Waals surface area contributed by atoms with Gasteiger partial charge in [-0.25, -0.2) is 0 Å². The van der Waals surface area contributed by atoms with Gasteiger partial charge in [0, 0.05) is 0 Å². The largest absolute Gasteiger partial charge is 0.493 e. The summed E-state index contributed by atoms with van der Waals surface area (Å²) < 4.78 is 15.2. The van der Waals surface area contributed by atoms with E-state index in [0.29, 0.717) is 17.9 Å². The van der Waals surface area contributed by atoms with Gasteiger partial charge < -0.3 is 19.9 Å². The van der Waals surface area contributed by atoms with E-state index in [-0.39, 0.29) is 17.8 Å². The van der Waals surface area contributed by atoms with Crippen LogP contribution in [0.5, 0.6) is 11.5 Å². The molecule has 0 spiro atoms. The van der Waals surface area contributed by atoms with Crippen molar-refractivity contribution >= 4 is 5.97 Å². The molecule has 118 valence electrons. The SMILES string of the molecule is COC(=O)C(N)CC(C)C(C)c1ccc(OC)c(OC)c1. The van der Waals surface area contributed by atoms with Gasteiger partial charge >= 0.3 is 5.97 Å². The van der Waals surface area contributed by atoms with Gasteiger partial charge in [0.2, 0.25) is 0 Å². The van der Waals surface area contributed by atoms with Crippen LogP contribution in [-0.2, 0) is 9.53 Å². The molecular weight excluding hydrogens is 270 g/mol. The number of ether oxygens (including phenoxy) is 3. The van der Waals surface area contributed by atoms with Crippen LogP contribution < -0.4 is 15.2 Å². The van der Waals surface area contributed by atoms with Crippen LogP contribution in [0.3, 0.4) is 0 Å². The molecule has 5 nitrogen and oxygen atoms in total. The molecule has 0 aromatic heterocycles. The number of benzene rings is 1. The molecule has 0 amide bonds. The number of nitrogens with two attached hydrogens (primary N) is 1. The molecule has 0 bridgehead atoms. The molecule has 3 unspecified atom stereocenters. The van der Waals surface area contributed by atoms with Crippen LogP contribution in [0.1, 0.15) is 31.7 Å². The third-order valence-electron chi connectivity index (χ3n) is 3.92. The second kappa shape index (κ2) is 7.88. The lowest BCUT2D eigenvalue weighted by atomic mass is 9.84. The molecule has 0 aliphatic carbocycles. The summed E-state index contributed by atoms with van der Waals surface area (Å²) in [7, 11) is 4.58. The normalized spacial score (nSPS) is 15.0. The highest BCUT2D eigenvalue weighted by Gasteiger charge is 2.22. The first-order valence-electron chi connectivity index (χ1n) is 6.99. The zero-order chi connectivity index (χ0) is 16.0. The molecule has 0 heterocycles. The van der Waals surface area contributed by atoms with E-state index in [2.05, 4.69) is 18.6 Å². The molecule has 1 aromatic carbocycles. The van der Waals surface area contributed by atoms with E-state index < -0.39 is 6.04 Å². The minimum absolute atomic E-state index is 0.234. The van der Waals surface area contributed by atoms with E-state index in [1.54, 1.807) is 14.2 Å². The topological polar surface area (TPSA) is 70.8 Å². The molecule has 1 aromatic rings. The Morgan fingerprint density at radius 1 is 1.14 bits per heavy atom. The molecule has 0 fully saturated rings. The van der Waals surface area contributed by atoms with Gasteiger partial charge in [-0.3, -0.25) is 4.79 Å². The third kappa shape index (κ3) is 4.36. The fourth-order valence-electron chi connectivity index (χ4n) is 2.32. The maximum atomic E-state index is 11.4. The van der Waals surface area contributed by atoms with Gasteiger partial charge in [0.25, 0.3) is 0 Å². The number of carbonyl (C=O) groups excluding carboxylic acids is 1. The molecule has 0 saturated heterocycles. The first-order chi connectivity index (χ1) is 9.94. The maximum absolute atomic E-state index is 11.4. The van der Waals surface area contributed by atoms with Crippen LogP contribution in [0.15, 0.2) is 18.2 Å². The van der Waals surface area contributed by atoms with Gasteiger partial charge in [0.05, 0.1) is 21.3 Å². The number of esters is 1. The number of rotatable bonds is 7. The highest BCUT2D eigenvalue weighted by molar-refractivity contribution is 5.75. The Balaban J connectivity index is 2.82. The van der Waals surface area contributed by atoms with Gasteiger partial charge in [-0.15, -0.1) is 0 Å². The van der Waals surface area contributed by atoms with E-state index >= 15 is 0 Å². The minimum Gasteiger partial charge on any atom is -0.493 e. The van der Waals surface area contributed by atoms with Crippen molar-refractivity contribution in [1.29, 1.82) is 0 Å². The Morgan fingerprint density at radius 3 is 2.29 bits per heavy atom. The summed E-state index contributed by atoms with van der Waals surface area (Å²) in [6.07, 6.45) is 0.572. The summed E-state index contributed by atoms with van der Waals surface area (Å²) in [6, 6.07) is 5.26. The number of methoxy groups -OCH3 is 3. The van der Waals surface area contributed by atoms with Crippen molar-refractivity contribution in [1.82, 2.24) is 0 Å². The second-order valence-electron chi connectivity index (χ2n) is 5.25. The van der Waals surface area contributed by atoms with Gasteiger partial charge in [-0.2, -0.15) is 0 Å². The molecule has 2 N–H and O–H groups in total. The number of hydrogen-bond acceptors (Lipinski definition) is 5. The first kappa shape index (κ1) is 17.3. The van der Waals surface area contributed by atoms with Crippen LogP contribution in [-0.4, -0.2) is 33.3 Å². The van der Waals surface area contributed by atoms with Crippen molar-refractivity contribution in [3.63, 3.8) is 0 Å². The summed E-state index contributed by atoms with van der Waals surface area (Å²) >= 11 is 0. The van der Waals surface area contributed by atoms with E-state index in [0.717, 1.165) is 5.56 Å². The Labute approximate surface area is 126 Å². The van der Waals surface area contributed by atoms with E-state index in [4.69, 9.17) is 15.2 Å². The maximum Gasteiger partial charge on any atom is 0.322 e. The highest BCUT2D eigenvalue weighted by atomic mass is 16.5. The fraction of sp³-hybridized carbons (Fsp3) is 0.562. The van der Waals surface area contributed by atoms with E-state index in [1.165, 1.54) is 7.11 Å². The molecular formula is C16H25NO4. The van der Waals surface area contributed by atoms with E-state index in [1.807, 2.05) is 18.2 Å². The van der Waals surface area contributed by atoms with E-state index in [9.17, 15) is 4.79 Å². The molecule has 3 atom stereocenters. The fourth-order valence-corrected chi connectivity index (χ4v) is 2.32. The average Bonchev–Trinajstić information content (AvgIpc) is 2.52. The monoisotopic (exact) mass is 295 g/mol. The lowest BCUT2D eigenvalue weighted by molar-refractivity contribution is -0.142. The van der Waals surface area contributed by atoms with Crippen molar-refractivity contribution in [3.05, 3.63) is 23.8 Å². The van der Waals surface area contributed by atoms with Crippen molar-refractivity contribution in [2.75, 3.05) is 21.3 Å².